The highest BCUT2D eigenvalue weighted by atomic mass is 35.5. The van der Waals surface area contributed by atoms with E-state index in [-0.39, 0.29) is 36.1 Å². The van der Waals surface area contributed by atoms with Crippen LogP contribution in [0.2, 0.25) is 5.02 Å². The van der Waals surface area contributed by atoms with E-state index in [9.17, 15) is 9.59 Å². The molecule has 0 aliphatic carbocycles. The lowest BCUT2D eigenvalue weighted by Gasteiger charge is -2.17. The van der Waals surface area contributed by atoms with Crippen LogP contribution in [0.25, 0.3) is 0 Å². The number of hydrogen-bond donors (Lipinski definition) is 3. The van der Waals surface area contributed by atoms with Gasteiger partial charge in [-0.15, -0.1) is 12.4 Å². The lowest BCUT2D eigenvalue weighted by Crippen LogP contribution is -2.28. The summed E-state index contributed by atoms with van der Waals surface area (Å²) >= 11 is 6.15. The maximum absolute atomic E-state index is 12.7. The van der Waals surface area contributed by atoms with E-state index in [4.69, 9.17) is 11.6 Å². The summed E-state index contributed by atoms with van der Waals surface area (Å²) in [6, 6.07) is 5.02. The minimum absolute atomic E-state index is 0. The van der Waals surface area contributed by atoms with Crippen LogP contribution in [0.5, 0.6) is 0 Å². The van der Waals surface area contributed by atoms with Crippen molar-refractivity contribution in [2.24, 2.45) is 13.0 Å². The van der Waals surface area contributed by atoms with E-state index in [2.05, 4.69) is 21.0 Å². The lowest BCUT2D eigenvalue weighted by atomic mass is 9.90. The monoisotopic (exact) mass is 397 g/mol. The van der Waals surface area contributed by atoms with E-state index in [1.54, 1.807) is 29.1 Å². The van der Waals surface area contributed by atoms with E-state index in [1.807, 2.05) is 13.2 Å². The molecule has 3 rings (SSSR count). The van der Waals surface area contributed by atoms with E-state index in [1.165, 1.54) is 6.92 Å². The Balaban J connectivity index is 0.00000243. The molecule has 0 spiro atoms. The van der Waals surface area contributed by atoms with E-state index in [0.29, 0.717) is 22.9 Å². The molecule has 1 fully saturated rings. The maximum atomic E-state index is 12.7. The molecule has 1 aromatic heterocycles. The van der Waals surface area contributed by atoms with Gasteiger partial charge in [0.15, 0.2) is 0 Å². The Morgan fingerprint density at radius 2 is 2.08 bits per heavy atom. The topological polar surface area (TPSA) is 88.1 Å². The first kappa shape index (κ1) is 20.2. The number of nitrogens with zero attached hydrogens (tertiary/aromatic N) is 2. The lowest BCUT2D eigenvalue weighted by molar-refractivity contribution is -0.119. The van der Waals surface area contributed by atoms with Crippen LogP contribution >= 0.6 is 24.0 Å². The number of halogens is 2. The average molecular weight is 398 g/mol. The fourth-order valence-corrected chi connectivity index (χ4v) is 3.28. The third-order valence-corrected chi connectivity index (χ3v) is 4.56. The van der Waals surface area contributed by atoms with Gasteiger partial charge >= 0.3 is 0 Å². The second-order valence-corrected chi connectivity index (χ2v) is 6.59. The number of aromatic nitrogens is 2. The quantitative estimate of drug-likeness (QED) is 0.738. The van der Waals surface area contributed by atoms with Crippen molar-refractivity contribution in [3.05, 3.63) is 41.2 Å². The van der Waals surface area contributed by atoms with Gasteiger partial charge in [0.25, 0.3) is 0 Å². The summed E-state index contributed by atoms with van der Waals surface area (Å²) < 4.78 is 1.74. The summed E-state index contributed by atoms with van der Waals surface area (Å²) in [5.41, 5.74) is 2.16. The molecular formula is C17H21Cl2N5O2. The summed E-state index contributed by atoms with van der Waals surface area (Å²) in [6.45, 7) is 2.77. The summed E-state index contributed by atoms with van der Waals surface area (Å²) in [5, 5.41) is 13.4. The normalized spacial score (nSPS) is 18.9. The molecule has 2 amide bonds. The number of carbonyl (C=O) groups is 2. The highest BCUT2D eigenvalue weighted by molar-refractivity contribution is 6.34. The van der Waals surface area contributed by atoms with Gasteiger partial charge in [-0.2, -0.15) is 5.10 Å². The predicted molar refractivity (Wildman–Crippen MR) is 104 cm³/mol. The molecule has 26 heavy (non-hydrogen) atoms. The fourth-order valence-electron chi connectivity index (χ4n) is 3.05. The number of carbonyl (C=O) groups excluding carboxylic acids is 2. The molecule has 1 saturated heterocycles. The van der Waals surface area contributed by atoms with Crippen molar-refractivity contribution >= 4 is 47.2 Å². The first-order valence-corrected chi connectivity index (χ1v) is 8.39. The molecule has 1 aliphatic rings. The molecule has 0 radical (unpaired) electrons. The average Bonchev–Trinajstić information content (AvgIpc) is 3.18. The minimum atomic E-state index is -0.199. The Labute approximate surface area is 162 Å². The minimum Gasteiger partial charge on any atom is -0.326 e. The van der Waals surface area contributed by atoms with Gasteiger partial charge in [-0.25, -0.2) is 0 Å². The Hall–Kier alpha value is -2.09. The zero-order chi connectivity index (χ0) is 18.0. The molecule has 0 bridgehead atoms. The van der Waals surface area contributed by atoms with Gasteiger partial charge in [0.1, 0.15) is 0 Å². The summed E-state index contributed by atoms with van der Waals surface area (Å²) in [4.78, 5) is 23.8. The zero-order valence-electron chi connectivity index (χ0n) is 14.5. The Morgan fingerprint density at radius 1 is 1.31 bits per heavy atom. The molecule has 9 heteroatoms. The molecule has 0 saturated carbocycles. The zero-order valence-corrected chi connectivity index (χ0v) is 16.0. The van der Waals surface area contributed by atoms with Crippen molar-refractivity contribution in [1.29, 1.82) is 0 Å². The van der Waals surface area contributed by atoms with Gasteiger partial charge in [0.2, 0.25) is 11.8 Å². The molecular weight excluding hydrogens is 377 g/mol. The number of hydrogen-bond acceptors (Lipinski definition) is 4. The number of amides is 2. The molecule has 140 valence electrons. The molecule has 2 atom stereocenters. The number of benzene rings is 1. The van der Waals surface area contributed by atoms with Crippen LogP contribution in [0, 0.1) is 5.92 Å². The van der Waals surface area contributed by atoms with Crippen molar-refractivity contribution in [1.82, 2.24) is 15.1 Å². The molecule has 7 nitrogen and oxygen atoms in total. The SMILES string of the molecule is CC(=O)Nc1ccc(NC(=O)[C@H]2CNC[C@@H]2c2cnn(C)c2)cc1Cl.Cl. The molecule has 1 aromatic carbocycles. The van der Waals surface area contributed by atoms with Crippen LogP contribution in [0.1, 0.15) is 18.4 Å². The molecule has 2 aromatic rings. The van der Waals surface area contributed by atoms with Crippen LogP contribution in [-0.2, 0) is 16.6 Å². The molecule has 3 N–H and O–H groups in total. The Bertz CT molecular complexity index is 808. The third-order valence-electron chi connectivity index (χ3n) is 4.25. The van der Waals surface area contributed by atoms with Gasteiger partial charge in [-0.1, -0.05) is 11.6 Å². The van der Waals surface area contributed by atoms with Gasteiger partial charge in [0.05, 0.1) is 22.8 Å². The largest absolute Gasteiger partial charge is 0.326 e. The van der Waals surface area contributed by atoms with Crippen LogP contribution < -0.4 is 16.0 Å². The first-order chi connectivity index (χ1) is 11.9. The van der Waals surface area contributed by atoms with Crippen molar-refractivity contribution in [3.63, 3.8) is 0 Å². The maximum Gasteiger partial charge on any atom is 0.229 e. The van der Waals surface area contributed by atoms with Crippen LogP contribution in [0.15, 0.2) is 30.6 Å². The summed E-state index contributed by atoms with van der Waals surface area (Å²) in [5.74, 6) is -0.363. The standard InChI is InChI=1S/C17H20ClN5O2.ClH/c1-10(24)21-16-4-3-12(5-15(16)18)22-17(25)14-8-19-7-13(14)11-6-20-23(2)9-11;/h3-6,9,13-14,19H,7-8H2,1-2H3,(H,21,24)(H,22,25);1H/t13-,14+;/m1./s1. The smallest absolute Gasteiger partial charge is 0.229 e. The van der Waals surface area contributed by atoms with E-state index >= 15 is 0 Å². The second kappa shape index (κ2) is 8.53. The summed E-state index contributed by atoms with van der Waals surface area (Å²) in [7, 11) is 1.86. The van der Waals surface area contributed by atoms with E-state index < -0.39 is 0 Å². The second-order valence-electron chi connectivity index (χ2n) is 6.18. The van der Waals surface area contributed by atoms with Crippen LogP contribution in [0.4, 0.5) is 11.4 Å². The van der Waals surface area contributed by atoms with Crippen LogP contribution in [0.3, 0.4) is 0 Å². The van der Waals surface area contributed by atoms with Crippen molar-refractivity contribution in [3.8, 4) is 0 Å². The summed E-state index contributed by atoms with van der Waals surface area (Å²) in [6.07, 6.45) is 3.74. The number of aryl methyl sites for hydroxylation is 1. The van der Waals surface area contributed by atoms with Crippen LogP contribution in [-0.4, -0.2) is 34.7 Å². The van der Waals surface area contributed by atoms with Gasteiger partial charge in [0, 0.05) is 44.9 Å². The first-order valence-electron chi connectivity index (χ1n) is 8.01. The Morgan fingerprint density at radius 3 is 2.69 bits per heavy atom. The molecule has 2 heterocycles. The number of anilines is 2. The number of nitrogens with one attached hydrogen (secondary N) is 3. The van der Waals surface area contributed by atoms with Gasteiger partial charge in [-0.05, 0) is 23.8 Å². The molecule has 0 unspecified atom stereocenters. The molecule has 1 aliphatic heterocycles. The van der Waals surface area contributed by atoms with Crippen molar-refractivity contribution in [2.75, 3.05) is 23.7 Å². The van der Waals surface area contributed by atoms with Gasteiger partial charge < -0.3 is 16.0 Å². The number of rotatable bonds is 4. The highest BCUT2D eigenvalue weighted by Crippen LogP contribution is 2.30. The fraction of sp³-hybridized carbons (Fsp3) is 0.353. The van der Waals surface area contributed by atoms with E-state index in [0.717, 1.165) is 12.1 Å². The Kier molecular flexibility index (Phi) is 6.63. The van der Waals surface area contributed by atoms with Crippen molar-refractivity contribution in [2.45, 2.75) is 12.8 Å². The van der Waals surface area contributed by atoms with Gasteiger partial charge in [-0.3, -0.25) is 14.3 Å². The van der Waals surface area contributed by atoms with Crippen molar-refractivity contribution < 1.29 is 9.59 Å². The third kappa shape index (κ3) is 4.55. The predicted octanol–water partition coefficient (Wildman–Crippen LogP) is 2.40. The highest BCUT2D eigenvalue weighted by Gasteiger charge is 2.34.